The maximum Gasteiger partial charge on any atom is 0.266 e. The topological polar surface area (TPSA) is 91.2 Å². The van der Waals surface area contributed by atoms with Crippen molar-refractivity contribution in [1.29, 1.82) is 5.26 Å². The summed E-state index contributed by atoms with van der Waals surface area (Å²) < 4.78 is 6.34. The third kappa shape index (κ3) is 7.24. The minimum atomic E-state index is -0.604. The van der Waals surface area contributed by atoms with Crippen molar-refractivity contribution in [3.63, 3.8) is 0 Å². The van der Waals surface area contributed by atoms with Gasteiger partial charge in [-0.15, -0.1) is 0 Å². The summed E-state index contributed by atoms with van der Waals surface area (Å²) >= 11 is 21.1. The average Bonchev–Trinajstić information content (AvgIpc) is 2.80. The van der Waals surface area contributed by atoms with Crippen molar-refractivity contribution >= 4 is 80.0 Å². The number of nitrogens with zero attached hydrogens (tertiary/aromatic N) is 1. The Labute approximate surface area is 219 Å². The zero-order chi connectivity index (χ0) is 24.7. The third-order valence-electron chi connectivity index (χ3n) is 4.30. The molecule has 0 aliphatic rings. The van der Waals surface area contributed by atoms with Crippen LogP contribution in [0, 0.1) is 11.3 Å². The molecule has 0 heterocycles. The van der Waals surface area contributed by atoms with Crippen LogP contribution in [0.4, 0.5) is 11.4 Å². The third-order valence-corrected chi connectivity index (χ3v) is 5.79. The van der Waals surface area contributed by atoms with Crippen molar-refractivity contribution in [3.8, 4) is 11.8 Å². The highest BCUT2D eigenvalue weighted by molar-refractivity contribution is 9.10. The molecule has 3 aromatic rings. The fourth-order valence-electron chi connectivity index (χ4n) is 2.71. The van der Waals surface area contributed by atoms with Gasteiger partial charge in [0, 0.05) is 26.4 Å². The summed E-state index contributed by atoms with van der Waals surface area (Å²) in [5.41, 5.74) is 1.22. The summed E-state index contributed by atoms with van der Waals surface area (Å²) in [5.74, 6) is -0.732. The number of hydrogen-bond acceptors (Lipinski definition) is 4. The highest BCUT2D eigenvalue weighted by atomic mass is 79.9. The standard InChI is InChI=1S/C24H15BrCl3N3O3/c25-16-1-8-22(34-13-23(32)30-19-6-7-20(27)21(28)11-19)14(10-16)9-15(12-29)24(33)31-18-4-2-17(26)3-5-18/h1-11H,13H2,(H,30,32)(H,31,33)/b15-9-. The lowest BCUT2D eigenvalue weighted by Gasteiger charge is -2.11. The molecule has 0 saturated heterocycles. The van der Waals surface area contributed by atoms with E-state index in [1.807, 2.05) is 6.07 Å². The molecule has 0 spiro atoms. The molecule has 3 aromatic carbocycles. The Kier molecular flexibility index (Phi) is 8.97. The van der Waals surface area contributed by atoms with Crippen LogP contribution >= 0.6 is 50.7 Å². The van der Waals surface area contributed by atoms with E-state index in [0.717, 1.165) is 0 Å². The average molecular weight is 580 g/mol. The predicted molar refractivity (Wildman–Crippen MR) is 138 cm³/mol. The smallest absolute Gasteiger partial charge is 0.266 e. The normalized spacial score (nSPS) is 10.9. The Bertz CT molecular complexity index is 1310. The Balaban J connectivity index is 1.73. The van der Waals surface area contributed by atoms with Gasteiger partial charge in [0.1, 0.15) is 17.4 Å². The minimum absolute atomic E-state index is 0.154. The Morgan fingerprint density at radius 1 is 0.941 bits per heavy atom. The SMILES string of the molecule is N#C/C(=C/c1cc(Br)ccc1OCC(=O)Nc1ccc(Cl)c(Cl)c1)C(=O)Nc1ccc(Cl)cc1. The lowest BCUT2D eigenvalue weighted by atomic mass is 10.1. The number of benzene rings is 3. The van der Waals surface area contributed by atoms with Gasteiger partial charge in [-0.25, -0.2) is 0 Å². The lowest BCUT2D eigenvalue weighted by Crippen LogP contribution is -2.20. The number of ether oxygens (including phenoxy) is 1. The Morgan fingerprint density at radius 3 is 2.32 bits per heavy atom. The van der Waals surface area contributed by atoms with Gasteiger partial charge in [-0.05, 0) is 66.7 Å². The van der Waals surface area contributed by atoms with Crippen molar-refractivity contribution in [2.24, 2.45) is 0 Å². The number of rotatable bonds is 7. The van der Waals surface area contributed by atoms with E-state index in [4.69, 9.17) is 39.5 Å². The number of amides is 2. The number of halogens is 4. The van der Waals surface area contributed by atoms with Gasteiger partial charge in [0.25, 0.3) is 11.8 Å². The first-order chi connectivity index (χ1) is 16.2. The van der Waals surface area contributed by atoms with E-state index in [9.17, 15) is 14.9 Å². The highest BCUT2D eigenvalue weighted by Crippen LogP contribution is 2.27. The second-order valence-corrected chi connectivity index (χ2v) is 8.95. The zero-order valence-electron chi connectivity index (χ0n) is 17.2. The maximum atomic E-state index is 12.6. The summed E-state index contributed by atoms with van der Waals surface area (Å²) in [4.78, 5) is 24.9. The summed E-state index contributed by atoms with van der Waals surface area (Å²) in [7, 11) is 0. The highest BCUT2D eigenvalue weighted by Gasteiger charge is 2.13. The maximum absolute atomic E-state index is 12.6. The first-order valence-electron chi connectivity index (χ1n) is 9.61. The molecule has 0 fully saturated rings. The van der Waals surface area contributed by atoms with Crippen LogP contribution in [-0.4, -0.2) is 18.4 Å². The number of carbonyl (C=O) groups excluding carboxylic acids is 2. The second kappa shape index (κ2) is 11.9. The van der Waals surface area contributed by atoms with Crippen LogP contribution in [0.2, 0.25) is 15.1 Å². The number of nitrogens with one attached hydrogen (secondary N) is 2. The van der Waals surface area contributed by atoms with Crippen LogP contribution < -0.4 is 15.4 Å². The van der Waals surface area contributed by atoms with Crippen molar-refractivity contribution in [2.45, 2.75) is 0 Å². The molecule has 2 N–H and O–H groups in total. The molecule has 0 aromatic heterocycles. The molecular formula is C24H15BrCl3N3O3. The van der Waals surface area contributed by atoms with E-state index >= 15 is 0 Å². The first-order valence-corrected chi connectivity index (χ1v) is 11.5. The summed E-state index contributed by atoms with van der Waals surface area (Å²) in [6.07, 6.45) is 1.38. The van der Waals surface area contributed by atoms with E-state index in [-0.39, 0.29) is 12.2 Å². The quantitative estimate of drug-likeness (QED) is 0.234. The van der Waals surface area contributed by atoms with Crippen molar-refractivity contribution in [2.75, 3.05) is 17.2 Å². The first kappa shape index (κ1) is 25.6. The number of anilines is 2. The minimum Gasteiger partial charge on any atom is -0.483 e. The fourth-order valence-corrected chi connectivity index (χ4v) is 3.52. The van der Waals surface area contributed by atoms with Gasteiger partial charge in [-0.3, -0.25) is 9.59 Å². The summed E-state index contributed by atoms with van der Waals surface area (Å²) in [5, 5.41) is 16.0. The molecule has 0 saturated carbocycles. The van der Waals surface area contributed by atoms with Crippen LogP contribution in [0.3, 0.4) is 0 Å². The molecule has 0 atom stereocenters. The van der Waals surface area contributed by atoms with Crippen LogP contribution in [0.5, 0.6) is 5.75 Å². The van der Waals surface area contributed by atoms with E-state index in [2.05, 4.69) is 26.6 Å². The van der Waals surface area contributed by atoms with Gasteiger partial charge < -0.3 is 15.4 Å². The lowest BCUT2D eigenvalue weighted by molar-refractivity contribution is -0.118. The van der Waals surface area contributed by atoms with Crippen LogP contribution in [0.15, 0.2) is 70.7 Å². The molecule has 34 heavy (non-hydrogen) atoms. The van der Waals surface area contributed by atoms with Gasteiger partial charge in [0.2, 0.25) is 0 Å². The Hall–Kier alpha value is -3.02. The summed E-state index contributed by atoms with van der Waals surface area (Å²) in [6.45, 7) is -0.318. The predicted octanol–water partition coefficient (Wildman–Crippen LogP) is 6.97. The van der Waals surface area contributed by atoms with Crippen molar-refractivity contribution in [3.05, 3.63) is 91.3 Å². The number of carbonyl (C=O) groups is 2. The molecular weight excluding hydrogens is 565 g/mol. The molecule has 2 amide bonds. The van der Waals surface area contributed by atoms with E-state index < -0.39 is 11.8 Å². The monoisotopic (exact) mass is 577 g/mol. The number of hydrogen-bond donors (Lipinski definition) is 2. The van der Waals surface area contributed by atoms with E-state index in [1.54, 1.807) is 54.6 Å². The molecule has 172 valence electrons. The van der Waals surface area contributed by atoms with Crippen molar-refractivity contribution < 1.29 is 14.3 Å². The molecule has 10 heteroatoms. The van der Waals surface area contributed by atoms with E-state index in [1.165, 1.54) is 12.1 Å². The molecule has 0 aliphatic heterocycles. The van der Waals surface area contributed by atoms with Gasteiger partial charge in [0.15, 0.2) is 6.61 Å². The van der Waals surface area contributed by atoms with Crippen LogP contribution in [0.25, 0.3) is 6.08 Å². The fraction of sp³-hybridized carbons (Fsp3) is 0.0417. The van der Waals surface area contributed by atoms with Gasteiger partial charge in [0.05, 0.1) is 10.0 Å². The molecule has 0 unspecified atom stereocenters. The largest absolute Gasteiger partial charge is 0.483 e. The number of nitriles is 1. The van der Waals surface area contributed by atoms with Gasteiger partial charge in [-0.2, -0.15) is 5.26 Å². The molecule has 6 nitrogen and oxygen atoms in total. The van der Waals surface area contributed by atoms with Crippen molar-refractivity contribution in [1.82, 2.24) is 0 Å². The second-order valence-electron chi connectivity index (χ2n) is 6.78. The van der Waals surface area contributed by atoms with Gasteiger partial charge >= 0.3 is 0 Å². The summed E-state index contributed by atoms with van der Waals surface area (Å²) in [6, 6.07) is 18.1. The van der Waals surface area contributed by atoms with Gasteiger partial charge in [-0.1, -0.05) is 50.7 Å². The van der Waals surface area contributed by atoms with E-state index in [0.29, 0.717) is 42.2 Å². The van der Waals surface area contributed by atoms with Crippen LogP contribution in [0.1, 0.15) is 5.56 Å². The molecule has 0 bridgehead atoms. The molecule has 3 rings (SSSR count). The molecule has 0 radical (unpaired) electrons. The Morgan fingerprint density at radius 2 is 1.65 bits per heavy atom. The zero-order valence-corrected chi connectivity index (χ0v) is 21.1. The molecule has 0 aliphatic carbocycles. The van der Waals surface area contributed by atoms with Crippen LogP contribution in [-0.2, 0) is 9.59 Å².